The van der Waals surface area contributed by atoms with Crippen LogP contribution < -0.4 is 0 Å². The van der Waals surface area contributed by atoms with Gasteiger partial charge in [-0.3, -0.25) is 4.79 Å². The Bertz CT molecular complexity index is 705. The largest absolute Gasteiger partial charge is 0.332 e. The number of rotatable bonds is 2. The zero-order valence-corrected chi connectivity index (χ0v) is 13.7. The van der Waals surface area contributed by atoms with Gasteiger partial charge in [-0.2, -0.15) is 0 Å². The van der Waals surface area contributed by atoms with Gasteiger partial charge in [-0.1, -0.05) is 42.0 Å². The minimum atomic E-state index is -0.427. The average molecular weight is 311 g/mol. The number of aryl methyl sites for hydroxylation is 2. The number of piperidine rings is 1. The molecule has 2 aromatic carbocycles. The van der Waals surface area contributed by atoms with Crippen LogP contribution in [0, 0.1) is 19.7 Å². The number of carbonyl (C=O) groups excluding carboxylic acids is 1. The molecule has 1 fully saturated rings. The molecule has 1 atom stereocenters. The van der Waals surface area contributed by atoms with Crippen LogP contribution in [0.4, 0.5) is 4.39 Å². The average Bonchev–Trinajstić information content (AvgIpc) is 2.54. The highest BCUT2D eigenvalue weighted by atomic mass is 19.1. The summed E-state index contributed by atoms with van der Waals surface area (Å²) in [6.07, 6.45) is 3.00. The molecule has 0 spiro atoms. The summed E-state index contributed by atoms with van der Waals surface area (Å²) in [5.74, 6) is -0.615. The van der Waals surface area contributed by atoms with Gasteiger partial charge >= 0.3 is 0 Å². The third kappa shape index (κ3) is 3.14. The molecule has 0 aromatic heterocycles. The van der Waals surface area contributed by atoms with Gasteiger partial charge in [0.1, 0.15) is 5.82 Å². The van der Waals surface area contributed by atoms with E-state index in [9.17, 15) is 9.18 Å². The summed E-state index contributed by atoms with van der Waals surface area (Å²) in [4.78, 5) is 14.8. The van der Waals surface area contributed by atoms with Crippen LogP contribution in [0.2, 0.25) is 0 Å². The molecule has 2 nitrogen and oxygen atoms in total. The molecule has 0 aliphatic carbocycles. The number of nitrogens with zero attached hydrogens (tertiary/aromatic N) is 1. The molecule has 0 saturated carbocycles. The Hall–Kier alpha value is -2.16. The summed E-state index contributed by atoms with van der Waals surface area (Å²) in [5, 5.41) is 0. The minimum absolute atomic E-state index is 0.0372. The highest BCUT2D eigenvalue weighted by Crippen LogP contribution is 2.33. The Morgan fingerprint density at radius 3 is 2.65 bits per heavy atom. The Kier molecular flexibility index (Phi) is 4.46. The van der Waals surface area contributed by atoms with Gasteiger partial charge in [-0.05, 0) is 50.3 Å². The SMILES string of the molecule is Cc1cccc([C@H]2CCCCN2C(=O)c2c(C)cccc2F)c1. The van der Waals surface area contributed by atoms with Crippen LogP contribution in [0.5, 0.6) is 0 Å². The zero-order chi connectivity index (χ0) is 16.4. The van der Waals surface area contributed by atoms with Gasteiger partial charge in [0, 0.05) is 6.54 Å². The molecule has 1 aliphatic heterocycles. The van der Waals surface area contributed by atoms with E-state index in [-0.39, 0.29) is 17.5 Å². The fourth-order valence-electron chi connectivity index (χ4n) is 3.44. The summed E-state index contributed by atoms with van der Waals surface area (Å²) in [6, 6.07) is 13.1. The number of carbonyl (C=O) groups is 1. The van der Waals surface area contributed by atoms with Crippen LogP contribution in [-0.2, 0) is 0 Å². The van der Waals surface area contributed by atoms with Crippen molar-refractivity contribution in [1.29, 1.82) is 0 Å². The third-order valence-electron chi connectivity index (χ3n) is 4.63. The standard InChI is InChI=1S/C20H22FNO/c1-14-7-5-9-16(13-14)18-11-3-4-12-22(18)20(23)19-15(2)8-6-10-17(19)21/h5-10,13,18H,3-4,11-12H2,1-2H3/t18-/m1/s1. The Morgan fingerprint density at radius 2 is 1.91 bits per heavy atom. The Morgan fingerprint density at radius 1 is 1.13 bits per heavy atom. The van der Waals surface area contributed by atoms with E-state index in [4.69, 9.17) is 0 Å². The molecule has 3 rings (SSSR count). The molecule has 0 unspecified atom stereocenters. The third-order valence-corrected chi connectivity index (χ3v) is 4.63. The maximum atomic E-state index is 14.2. The summed E-state index contributed by atoms with van der Waals surface area (Å²) in [6.45, 7) is 4.53. The second-order valence-corrected chi connectivity index (χ2v) is 6.36. The molecular formula is C20H22FNO. The van der Waals surface area contributed by atoms with Crippen LogP contribution in [0.25, 0.3) is 0 Å². The maximum Gasteiger partial charge on any atom is 0.257 e. The molecule has 1 saturated heterocycles. The molecule has 1 aliphatic rings. The predicted molar refractivity (Wildman–Crippen MR) is 89.9 cm³/mol. The van der Waals surface area contributed by atoms with Gasteiger partial charge in [-0.25, -0.2) is 4.39 Å². The molecule has 3 heteroatoms. The van der Waals surface area contributed by atoms with Gasteiger partial charge in [-0.15, -0.1) is 0 Å². The van der Waals surface area contributed by atoms with Crippen molar-refractivity contribution in [2.75, 3.05) is 6.54 Å². The van der Waals surface area contributed by atoms with Gasteiger partial charge in [0.25, 0.3) is 5.91 Å². The smallest absolute Gasteiger partial charge is 0.257 e. The first-order valence-electron chi connectivity index (χ1n) is 8.20. The molecule has 1 heterocycles. The van der Waals surface area contributed by atoms with Crippen LogP contribution in [0.1, 0.15) is 52.4 Å². The molecule has 0 bridgehead atoms. The molecule has 120 valence electrons. The molecule has 23 heavy (non-hydrogen) atoms. The summed E-state index contributed by atoms with van der Waals surface area (Å²) in [5.41, 5.74) is 3.24. The predicted octanol–water partition coefficient (Wildman–Crippen LogP) is 4.81. The maximum absolute atomic E-state index is 14.2. The minimum Gasteiger partial charge on any atom is -0.332 e. The number of hydrogen-bond acceptors (Lipinski definition) is 1. The molecule has 0 radical (unpaired) electrons. The summed E-state index contributed by atoms with van der Waals surface area (Å²) < 4.78 is 14.2. The van der Waals surface area contributed by atoms with E-state index in [1.807, 2.05) is 11.0 Å². The van der Waals surface area contributed by atoms with Crippen molar-refractivity contribution in [3.8, 4) is 0 Å². The lowest BCUT2D eigenvalue weighted by Gasteiger charge is -2.36. The van der Waals surface area contributed by atoms with Crippen molar-refractivity contribution < 1.29 is 9.18 Å². The van der Waals surface area contributed by atoms with Crippen LogP contribution in [-0.4, -0.2) is 17.4 Å². The van der Waals surface area contributed by atoms with E-state index in [1.54, 1.807) is 19.1 Å². The van der Waals surface area contributed by atoms with E-state index >= 15 is 0 Å². The fourth-order valence-corrected chi connectivity index (χ4v) is 3.44. The van der Waals surface area contributed by atoms with E-state index in [2.05, 4.69) is 25.1 Å². The van der Waals surface area contributed by atoms with Crippen LogP contribution in [0.3, 0.4) is 0 Å². The molecule has 0 N–H and O–H groups in total. The van der Waals surface area contributed by atoms with Crippen molar-refractivity contribution in [3.63, 3.8) is 0 Å². The molecule has 1 amide bonds. The van der Waals surface area contributed by atoms with E-state index in [1.165, 1.54) is 11.6 Å². The lowest BCUT2D eigenvalue weighted by atomic mass is 9.93. The van der Waals surface area contributed by atoms with Crippen LogP contribution >= 0.6 is 0 Å². The second kappa shape index (κ2) is 6.53. The summed E-state index contributed by atoms with van der Waals surface area (Å²) in [7, 11) is 0. The van der Waals surface area contributed by atoms with E-state index in [0.717, 1.165) is 24.8 Å². The highest BCUT2D eigenvalue weighted by molar-refractivity contribution is 5.96. The van der Waals surface area contributed by atoms with Gasteiger partial charge in [0.05, 0.1) is 11.6 Å². The number of amides is 1. The first kappa shape index (κ1) is 15.7. The van der Waals surface area contributed by atoms with E-state index in [0.29, 0.717) is 12.1 Å². The summed E-state index contributed by atoms with van der Waals surface area (Å²) >= 11 is 0. The lowest BCUT2D eigenvalue weighted by Crippen LogP contribution is -2.39. The highest BCUT2D eigenvalue weighted by Gasteiger charge is 2.30. The number of benzene rings is 2. The topological polar surface area (TPSA) is 20.3 Å². The molecule has 2 aromatic rings. The quantitative estimate of drug-likeness (QED) is 0.779. The number of hydrogen-bond donors (Lipinski definition) is 0. The Balaban J connectivity index is 1.97. The van der Waals surface area contributed by atoms with Gasteiger partial charge in [0.15, 0.2) is 0 Å². The van der Waals surface area contributed by atoms with Crippen LogP contribution in [0.15, 0.2) is 42.5 Å². The van der Waals surface area contributed by atoms with Crippen molar-refractivity contribution in [2.24, 2.45) is 0 Å². The van der Waals surface area contributed by atoms with Crippen molar-refractivity contribution in [2.45, 2.75) is 39.2 Å². The first-order chi connectivity index (χ1) is 11.1. The van der Waals surface area contributed by atoms with Crippen molar-refractivity contribution >= 4 is 5.91 Å². The van der Waals surface area contributed by atoms with Gasteiger partial charge in [0.2, 0.25) is 0 Å². The van der Waals surface area contributed by atoms with Crippen molar-refractivity contribution in [3.05, 3.63) is 70.5 Å². The fraction of sp³-hybridized carbons (Fsp3) is 0.350. The normalized spacial score (nSPS) is 18.0. The number of likely N-dealkylation sites (tertiary alicyclic amines) is 1. The second-order valence-electron chi connectivity index (χ2n) is 6.36. The lowest BCUT2D eigenvalue weighted by molar-refractivity contribution is 0.0606. The Labute approximate surface area is 136 Å². The first-order valence-corrected chi connectivity index (χ1v) is 8.20. The zero-order valence-electron chi connectivity index (χ0n) is 13.7. The van der Waals surface area contributed by atoms with Crippen molar-refractivity contribution in [1.82, 2.24) is 4.90 Å². The molecular weight excluding hydrogens is 289 g/mol. The monoisotopic (exact) mass is 311 g/mol. The number of halogens is 1. The van der Waals surface area contributed by atoms with Gasteiger partial charge < -0.3 is 4.90 Å². The van der Waals surface area contributed by atoms with E-state index < -0.39 is 5.82 Å².